The number of amides is 1. The Morgan fingerprint density at radius 1 is 1.19 bits per heavy atom. The Labute approximate surface area is 190 Å². The van der Waals surface area contributed by atoms with Crippen LogP contribution in [0.25, 0.3) is 0 Å². The number of rotatable bonds is 10. The number of hydrogen-bond donors (Lipinski definition) is 3. The molecule has 0 bridgehead atoms. The van der Waals surface area contributed by atoms with E-state index in [1.54, 1.807) is 12.1 Å². The van der Waals surface area contributed by atoms with E-state index in [1.807, 2.05) is 31.2 Å². The predicted molar refractivity (Wildman–Crippen MR) is 126 cm³/mol. The minimum absolute atomic E-state index is 0.00105. The number of hydrogen-bond acceptors (Lipinski definition) is 5. The highest BCUT2D eigenvalue weighted by Gasteiger charge is 2.27. The molecule has 32 heavy (non-hydrogen) atoms. The highest BCUT2D eigenvalue weighted by molar-refractivity contribution is 7.89. The van der Waals surface area contributed by atoms with Crippen LogP contribution in [-0.2, 0) is 10.0 Å². The Balaban J connectivity index is 1.51. The summed E-state index contributed by atoms with van der Waals surface area (Å²) in [5.41, 5.74) is 2.96. The van der Waals surface area contributed by atoms with Crippen molar-refractivity contribution >= 4 is 15.9 Å². The smallest absolute Gasteiger partial charge is 0.251 e. The lowest BCUT2D eigenvalue weighted by molar-refractivity contribution is 0.0956. The molecule has 0 saturated heterocycles. The van der Waals surface area contributed by atoms with E-state index in [0.717, 1.165) is 25.0 Å². The summed E-state index contributed by atoms with van der Waals surface area (Å²) in [6, 6.07) is 16.5. The van der Waals surface area contributed by atoms with Crippen LogP contribution in [0.5, 0.6) is 5.75 Å². The zero-order valence-corrected chi connectivity index (χ0v) is 19.5. The maximum Gasteiger partial charge on any atom is 0.251 e. The molecule has 4 N–H and O–H groups in total. The molecule has 0 radical (unpaired) electrons. The first-order valence-corrected chi connectivity index (χ1v) is 12.8. The summed E-state index contributed by atoms with van der Waals surface area (Å²) in [6.07, 6.45) is 3.26. The lowest BCUT2D eigenvalue weighted by Gasteiger charge is -2.21. The second-order valence-corrected chi connectivity index (χ2v) is 10.1. The van der Waals surface area contributed by atoms with Crippen LogP contribution in [0, 0.1) is 0 Å². The van der Waals surface area contributed by atoms with Crippen molar-refractivity contribution in [3.05, 3.63) is 65.2 Å². The van der Waals surface area contributed by atoms with Crippen LogP contribution >= 0.6 is 0 Å². The molecule has 1 fully saturated rings. The van der Waals surface area contributed by atoms with E-state index in [-0.39, 0.29) is 24.2 Å². The van der Waals surface area contributed by atoms with Gasteiger partial charge in [-0.2, -0.15) is 0 Å². The summed E-state index contributed by atoms with van der Waals surface area (Å²) in [7, 11) is -3.58. The minimum Gasteiger partial charge on any atom is -0.494 e. The van der Waals surface area contributed by atoms with E-state index in [1.165, 1.54) is 11.1 Å². The van der Waals surface area contributed by atoms with Crippen molar-refractivity contribution in [2.45, 2.75) is 51.1 Å². The first-order valence-electron chi connectivity index (χ1n) is 11.1. The SMILES string of the molecule is CCOc1cccc([C@@H](C)N[C@H]2CCC(c3ccc(C(=O)NCCS(N)(=O)=O)cc3)C2)c1. The fraction of sp³-hybridized carbons (Fsp3) is 0.458. The van der Waals surface area contributed by atoms with Crippen LogP contribution in [0.4, 0.5) is 0 Å². The third kappa shape index (κ3) is 7.05. The lowest BCUT2D eigenvalue weighted by Crippen LogP contribution is -2.31. The van der Waals surface area contributed by atoms with Gasteiger partial charge in [0, 0.05) is 24.2 Å². The second-order valence-electron chi connectivity index (χ2n) is 8.35. The fourth-order valence-corrected chi connectivity index (χ4v) is 4.63. The fourth-order valence-electron chi connectivity index (χ4n) is 4.24. The van der Waals surface area contributed by atoms with Crippen molar-refractivity contribution in [1.29, 1.82) is 0 Å². The maximum atomic E-state index is 12.2. The van der Waals surface area contributed by atoms with Crippen molar-refractivity contribution in [3.63, 3.8) is 0 Å². The number of nitrogens with one attached hydrogen (secondary N) is 2. The summed E-state index contributed by atoms with van der Waals surface area (Å²) >= 11 is 0. The Morgan fingerprint density at radius 3 is 2.62 bits per heavy atom. The normalized spacial score (nSPS) is 19.5. The number of primary sulfonamides is 1. The molecular formula is C24H33N3O4S. The van der Waals surface area contributed by atoms with Gasteiger partial charge in [0.2, 0.25) is 10.0 Å². The molecule has 1 aliphatic rings. The lowest BCUT2D eigenvalue weighted by atomic mass is 9.96. The molecule has 0 aliphatic heterocycles. The highest BCUT2D eigenvalue weighted by atomic mass is 32.2. The number of carbonyl (C=O) groups is 1. The summed E-state index contributed by atoms with van der Waals surface area (Å²) in [4.78, 5) is 12.2. The van der Waals surface area contributed by atoms with Gasteiger partial charge in [-0.05, 0) is 74.4 Å². The molecule has 8 heteroatoms. The number of benzene rings is 2. The molecule has 0 spiro atoms. The highest BCUT2D eigenvalue weighted by Crippen LogP contribution is 2.35. The van der Waals surface area contributed by atoms with Gasteiger partial charge in [-0.25, -0.2) is 13.6 Å². The van der Waals surface area contributed by atoms with Crippen LogP contribution in [0.1, 0.15) is 66.6 Å². The summed E-state index contributed by atoms with van der Waals surface area (Å²) in [5.74, 6) is 0.779. The van der Waals surface area contributed by atoms with Gasteiger partial charge >= 0.3 is 0 Å². The monoisotopic (exact) mass is 459 g/mol. The maximum absolute atomic E-state index is 12.2. The molecule has 174 valence electrons. The van der Waals surface area contributed by atoms with Gasteiger partial charge in [0.25, 0.3) is 5.91 Å². The Hall–Kier alpha value is -2.42. The molecule has 1 amide bonds. The third-order valence-corrected chi connectivity index (χ3v) is 6.68. The molecule has 0 aromatic heterocycles. The van der Waals surface area contributed by atoms with Gasteiger partial charge in [-0.3, -0.25) is 4.79 Å². The largest absolute Gasteiger partial charge is 0.494 e. The molecule has 3 atom stereocenters. The van der Waals surface area contributed by atoms with Crippen molar-refractivity contribution in [2.75, 3.05) is 18.9 Å². The molecule has 2 aromatic carbocycles. The zero-order valence-electron chi connectivity index (χ0n) is 18.7. The molecule has 7 nitrogen and oxygen atoms in total. The van der Waals surface area contributed by atoms with Crippen LogP contribution in [0.15, 0.2) is 48.5 Å². The Kier molecular flexibility index (Phi) is 8.28. The van der Waals surface area contributed by atoms with Crippen LogP contribution in [0.3, 0.4) is 0 Å². The molecule has 1 unspecified atom stereocenters. The van der Waals surface area contributed by atoms with Crippen molar-refractivity contribution in [2.24, 2.45) is 5.14 Å². The third-order valence-electron chi connectivity index (χ3n) is 5.90. The number of carbonyl (C=O) groups excluding carboxylic acids is 1. The van der Waals surface area contributed by atoms with Gasteiger partial charge < -0.3 is 15.4 Å². The van der Waals surface area contributed by atoms with Gasteiger partial charge in [0.05, 0.1) is 12.4 Å². The van der Waals surface area contributed by atoms with E-state index in [2.05, 4.69) is 29.7 Å². The molecule has 1 aliphatic carbocycles. The van der Waals surface area contributed by atoms with E-state index in [4.69, 9.17) is 9.88 Å². The average Bonchev–Trinajstić information content (AvgIpc) is 3.22. The molecule has 2 aromatic rings. The number of sulfonamides is 1. The quantitative estimate of drug-likeness (QED) is 0.506. The molecular weight excluding hydrogens is 426 g/mol. The molecule has 0 heterocycles. The van der Waals surface area contributed by atoms with Crippen LogP contribution < -0.4 is 20.5 Å². The van der Waals surface area contributed by atoms with E-state index >= 15 is 0 Å². The van der Waals surface area contributed by atoms with Crippen molar-refractivity contribution in [1.82, 2.24) is 10.6 Å². The molecule has 3 rings (SSSR count). The Morgan fingerprint density at radius 2 is 1.94 bits per heavy atom. The average molecular weight is 460 g/mol. The summed E-state index contributed by atoms with van der Waals surface area (Å²) in [6.45, 7) is 4.83. The van der Waals surface area contributed by atoms with Crippen molar-refractivity contribution < 1.29 is 17.9 Å². The van der Waals surface area contributed by atoms with Crippen LogP contribution in [0.2, 0.25) is 0 Å². The minimum atomic E-state index is -3.58. The van der Waals surface area contributed by atoms with Crippen LogP contribution in [-0.4, -0.2) is 39.3 Å². The van der Waals surface area contributed by atoms with E-state index in [0.29, 0.717) is 24.1 Å². The first kappa shape index (κ1) is 24.2. The predicted octanol–water partition coefficient (Wildman–Crippen LogP) is 3.09. The topological polar surface area (TPSA) is 111 Å². The summed E-state index contributed by atoms with van der Waals surface area (Å²) < 4.78 is 27.6. The van der Waals surface area contributed by atoms with Crippen molar-refractivity contribution in [3.8, 4) is 5.75 Å². The number of nitrogens with two attached hydrogens (primary N) is 1. The standard InChI is InChI=1S/C24H33N3O4S/c1-3-31-23-6-4-5-20(16-23)17(2)27-22-12-11-21(15-22)18-7-9-19(10-8-18)24(28)26-13-14-32(25,29)30/h4-10,16-17,21-22,27H,3,11-15H2,1-2H3,(H,26,28)(H2,25,29,30)/t17-,21?,22+/m1/s1. The summed E-state index contributed by atoms with van der Waals surface area (Å²) in [5, 5.41) is 11.3. The van der Waals surface area contributed by atoms with E-state index < -0.39 is 10.0 Å². The van der Waals surface area contributed by atoms with E-state index in [9.17, 15) is 13.2 Å². The second kappa shape index (κ2) is 10.9. The van der Waals surface area contributed by atoms with Gasteiger partial charge in [0.1, 0.15) is 5.75 Å². The first-order chi connectivity index (χ1) is 15.2. The Bertz CT molecular complexity index is 1010. The van der Waals surface area contributed by atoms with Gasteiger partial charge in [-0.15, -0.1) is 0 Å². The number of ether oxygens (including phenoxy) is 1. The van der Waals surface area contributed by atoms with Gasteiger partial charge in [-0.1, -0.05) is 24.3 Å². The molecule has 1 saturated carbocycles. The zero-order chi connectivity index (χ0) is 23.1. The van der Waals surface area contributed by atoms with Gasteiger partial charge in [0.15, 0.2) is 0 Å².